The molecule has 0 aliphatic heterocycles. The van der Waals surface area contributed by atoms with Gasteiger partial charge in [-0.3, -0.25) is 19.9 Å². The van der Waals surface area contributed by atoms with Crippen molar-refractivity contribution >= 4 is 39.1 Å². The van der Waals surface area contributed by atoms with Gasteiger partial charge < -0.3 is 10.1 Å². The highest BCUT2D eigenvalue weighted by Gasteiger charge is 2.17. The van der Waals surface area contributed by atoms with Gasteiger partial charge in [-0.2, -0.15) is 0 Å². The standard InChI is InChI=1S/C23H14N6O4/c30-22(28-27-21-17-11-14(29(32)33)5-6-19(17)26-23(21)31)16-12-20(13-7-9-24-10-8-13)25-18-4-2-1-3-15(16)18/h1-12,26,31H. The first-order chi connectivity index (χ1) is 16.0. The smallest absolute Gasteiger partial charge is 0.296 e. The molecule has 0 aliphatic carbocycles. The molecule has 0 radical (unpaired) electrons. The van der Waals surface area contributed by atoms with Gasteiger partial charge in [0.25, 0.3) is 11.6 Å². The highest BCUT2D eigenvalue weighted by atomic mass is 16.6. The molecule has 10 nitrogen and oxygen atoms in total. The van der Waals surface area contributed by atoms with Crippen LogP contribution in [0.25, 0.3) is 33.1 Å². The van der Waals surface area contributed by atoms with Crippen molar-refractivity contribution in [1.29, 1.82) is 0 Å². The number of H-pyrrole nitrogens is 1. The van der Waals surface area contributed by atoms with Crippen molar-refractivity contribution in [1.82, 2.24) is 15.0 Å². The van der Waals surface area contributed by atoms with Crippen LogP contribution in [-0.2, 0) is 0 Å². The third-order valence-corrected chi connectivity index (χ3v) is 5.11. The zero-order valence-electron chi connectivity index (χ0n) is 16.8. The predicted molar refractivity (Wildman–Crippen MR) is 120 cm³/mol. The topological polar surface area (TPSA) is 147 Å². The Balaban J connectivity index is 1.59. The number of aromatic hydroxyl groups is 1. The first-order valence-corrected chi connectivity index (χ1v) is 9.76. The minimum atomic E-state index is -0.650. The van der Waals surface area contributed by atoms with E-state index in [2.05, 4.69) is 25.2 Å². The zero-order chi connectivity index (χ0) is 22.9. The lowest BCUT2D eigenvalue weighted by molar-refractivity contribution is -0.384. The summed E-state index contributed by atoms with van der Waals surface area (Å²) in [4.78, 5) is 34.9. The summed E-state index contributed by atoms with van der Waals surface area (Å²) in [6.45, 7) is 0. The molecule has 2 aromatic carbocycles. The lowest BCUT2D eigenvalue weighted by atomic mass is 10.0. The lowest BCUT2D eigenvalue weighted by Gasteiger charge is -2.07. The van der Waals surface area contributed by atoms with Crippen LogP contribution in [0.5, 0.6) is 5.88 Å². The molecule has 5 aromatic rings. The van der Waals surface area contributed by atoms with Crippen LogP contribution in [0.15, 0.2) is 83.3 Å². The van der Waals surface area contributed by atoms with Crippen LogP contribution in [0.1, 0.15) is 10.4 Å². The summed E-state index contributed by atoms with van der Waals surface area (Å²) in [6.07, 6.45) is 3.26. The van der Waals surface area contributed by atoms with E-state index in [1.165, 1.54) is 18.2 Å². The van der Waals surface area contributed by atoms with Crippen molar-refractivity contribution in [3.8, 4) is 17.1 Å². The number of carbonyl (C=O) groups excluding carboxylic acids is 1. The number of hydrogen-bond donors (Lipinski definition) is 2. The molecular formula is C23H14N6O4. The Morgan fingerprint density at radius 1 is 1.03 bits per heavy atom. The second-order valence-corrected chi connectivity index (χ2v) is 7.12. The third kappa shape index (κ3) is 3.65. The summed E-state index contributed by atoms with van der Waals surface area (Å²) >= 11 is 0. The molecule has 2 N–H and O–H groups in total. The van der Waals surface area contributed by atoms with E-state index in [1.54, 1.807) is 48.8 Å². The Hall–Kier alpha value is -4.99. The monoisotopic (exact) mass is 438 g/mol. The summed E-state index contributed by atoms with van der Waals surface area (Å²) in [7, 11) is 0. The number of azo groups is 1. The summed E-state index contributed by atoms with van der Waals surface area (Å²) in [6, 6.07) is 16.3. The molecule has 10 heteroatoms. The number of aromatic nitrogens is 3. The molecule has 0 unspecified atom stereocenters. The predicted octanol–water partition coefficient (Wildman–Crippen LogP) is 5.32. The maximum atomic E-state index is 13.1. The maximum absolute atomic E-state index is 13.1. The van der Waals surface area contributed by atoms with Crippen LogP contribution >= 0.6 is 0 Å². The number of rotatable bonds is 4. The summed E-state index contributed by atoms with van der Waals surface area (Å²) in [5.41, 5.74) is 2.43. The molecule has 0 atom stereocenters. The van der Waals surface area contributed by atoms with Gasteiger partial charge in [0, 0.05) is 40.9 Å². The average Bonchev–Trinajstić information content (AvgIpc) is 3.16. The van der Waals surface area contributed by atoms with Gasteiger partial charge in [0.1, 0.15) is 0 Å². The summed E-state index contributed by atoms with van der Waals surface area (Å²) in [5.74, 6) is -0.998. The van der Waals surface area contributed by atoms with Gasteiger partial charge >= 0.3 is 0 Å². The number of nitrogens with zero attached hydrogens (tertiary/aromatic N) is 5. The largest absolute Gasteiger partial charge is 0.493 e. The van der Waals surface area contributed by atoms with Gasteiger partial charge in [0.05, 0.1) is 27.2 Å². The van der Waals surface area contributed by atoms with Gasteiger partial charge in [-0.25, -0.2) is 4.98 Å². The van der Waals surface area contributed by atoms with Crippen molar-refractivity contribution < 1.29 is 14.8 Å². The number of hydrogen-bond acceptors (Lipinski definition) is 7. The first kappa shape index (κ1) is 19.9. The molecule has 0 bridgehead atoms. The molecule has 0 saturated heterocycles. The molecular weight excluding hydrogens is 424 g/mol. The highest BCUT2D eigenvalue weighted by Crippen LogP contribution is 2.37. The van der Waals surface area contributed by atoms with Gasteiger partial charge in [0.2, 0.25) is 5.88 Å². The average molecular weight is 438 g/mol. The Kier molecular flexibility index (Phi) is 4.79. The highest BCUT2D eigenvalue weighted by molar-refractivity contribution is 6.07. The number of benzene rings is 2. The SMILES string of the molecule is O=C(N=Nc1c(O)[nH]c2ccc([N+](=O)[O-])cc12)c1cc(-c2ccncc2)nc2ccccc12. The first-order valence-electron chi connectivity index (χ1n) is 9.76. The Morgan fingerprint density at radius 2 is 1.82 bits per heavy atom. The minimum absolute atomic E-state index is 0.0604. The van der Waals surface area contributed by atoms with E-state index in [1.807, 2.05) is 6.07 Å². The number of amides is 1. The van der Waals surface area contributed by atoms with Crippen LogP contribution < -0.4 is 0 Å². The second kappa shape index (κ2) is 7.93. The van der Waals surface area contributed by atoms with Crippen LogP contribution in [0.3, 0.4) is 0 Å². The van der Waals surface area contributed by atoms with Crippen molar-refractivity contribution in [2.45, 2.75) is 0 Å². The maximum Gasteiger partial charge on any atom is 0.296 e. The van der Waals surface area contributed by atoms with Gasteiger partial charge in [0.15, 0.2) is 5.69 Å². The lowest BCUT2D eigenvalue weighted by Crippen LogP contribution is -1.99. The van der Waals surface area contributed by atoms with E-state index < -0.39 is 10.8 Å². The molecule has 0 spiro atoms. The van der Waals surface area contributed by atoms with Crippen LogP contribution in [0.4, 0.5) is 11.4 Å². The van der Waals surface area contributed by atoms with Gasteiger partial charge in [-0.15, -0.1) is 10.2 Å². The summed E-state index contributed by atoms with van der Waals surface area (Å²) < 4.78 is 0. The third-order valence-electron chi connectivity index (χ3n) is 5.11. The minimum Gasteiger partial charge on any atom is -0.493 e. The van der Waals surface area contributed by atoms with Crippen LogP contribution in [0.2, 0.25) is 0 Å². The van der Waals surface area contributed by atoms with E-state index in [9.17, 15) is 20.0 Å². The van der Waals surface area contributed by atoms with Crippen molar-refractivity contribution in [3.63, 3.8) is 0 Å². The normalized spacial score (nSPS) is 11.4. The molecule has 3 heterocycles. The number of carbonyl (C=O) groups is 1. The Morgan fingerprint density at radius 3 is 2.61 bits per heavy atom. The van der Waals surface area contributed by atoms with Gasteiger partial charge in [-0.1, -0.05) is 18.2 Å². The molecule has 3 aromatic heterocycles. The number of pyridine rings is 2. The Bertz CT molecular complexity index is 1580. The number of aromatic amines is 1. The fourth-order valence-corrected chi connectivity index (χ4v) is 3.54. The quantitative estimate of drug-likeness (QED) is 0.221. The Labute approximate surface area is 185 Å². The number of non-ortho nitro benzene ring substituents is 1. The molecule has 5 rings (SSSR count). The van der Waals surface area contributed by atoms with Crippen molar-refractivity contribution in [2.24, 2.45) is 10.2 Å². The van der Waals surface area contributed by atoms with E-state index in [4.69, 9.17) is 0 Å². The second-order valence-electron chi connectivity index (χ2n) is 7.12. The van der Waals surface area contributed by atoms with Crippen LogP contribution in [-0.4, -0.2) is 30.9 Å². The molecule has 0 aliphatic rings. The molecule has 33 heavy (non-hydrogen) atoms. The fourth-order valence-electron chi connectivity index (χ4n) is 3.54. The fraction of sp³-hybridized carbons (Fsp3) is 0. The molecule has 160 valence electrons. The van der Waals surface area contributed by atoms with Gasteiger partial charge in [-0.05, 0) is 30.3 Å². The van der Waals surface area contributed by atoms with Crippen molar-refractivity contribution in [3.05, 3.63) is 88.7 Å². The number of nitro groups is 1. The van der Waals surface area contributed by atoms with E-state index in [0.29, 0.717) is 22.1 Å². The van der Waals surface area contributed by atoms with E-state index in [-0.39, 0.29) is 28.2 Å². The summed E-state index contributed by atoms with van der Waals surface area (Å²) in [5, 5.41) is 29.9. The zero-order valence-corrected chi connectivity index (χ0v) is 16.8. The molecule has 0 fully saturated rings. The van der Waals surface area contributed by atoms with Crippen LogP contribution in [0, 0.1) is 10.1 Å². The number of nitrogens with one attached hydrogen (secondary N) is 1. The molecule has 0 saturated carbocycles. The number of nitro benzene ring substituents is 1. The number of fused-ring (bicyclic) bond motifs is 2. The van der Waals surface area contributed by atoms with E-state index >= 15 is 0 Å². The molecule has 1 amide bonds. The number of para-hydroxylation sites is 1. The van der Waals surface area contributed by atoms with E-state index in [0.717, 1.165) is 5.56 Å². The van der Waals surface area contributed by atoms with Crippen molar-refractivity contribution in [2.75, 3.05) is 0 Å².